The molecule has 0 aromatic heterocycles. The van der Waals surface area contributed by atoms with Gasteiger partial charge in [0, 0.05) is 24.1 Å². The first-order valence-electron chi connectivity index (χ1n) is 5.23. The maximum atomic E-state index is 10.8. The minimum Gasteiger partial charge on any atom is -0.496 e. The molecule has 0 spiro atoms. The summed E-state index contributed by atoms with van der Waals surface area (Å²) in [5.41, 5.74) is 0.656. The lowest BCUT2D eigenvalue weighted by Crippen LogP contribution is -2.17. The van der Waals surface area contributed by atoms with Crippen LogP contribution in [-0.4, -0.2) is 37.7 Å². The van der Waals surface area contributed by atoms with Gasteiger partial charge in [0.05, 0.1) is 21.3 Å². The van der Waals surface area contributed by atoms with E-state index >= 15 is 0 Å². The van der Waals surface area contributed by atoms with Crippen molar-refractivity contribution >= 4 is 18.6 Å². The summed E-state index contributed by atoms with van der Waals surface area (Å²) in [7, 11) is 4.55. The van der Waals surface area contributed by atoms with Gasteiger partial charge < -0.3 is 19.3 Å². The first-order chi connectivity index (χ1) is 8.53. The molecule has 1 aromatic carbocycles. The van der Waals surface area contributed by atoms with E-state index in [1.807, 2.05) is 0 Å². The average Bonchev–Trinajstić information content (AvgIpc) is 2.38. The van der Waals surface area contributed by atoms with Crippen molar-refractivity contribution in [1.29, 1.82) is 0 Å². The van der Waals surface area contributed by atoms with Crippen molar-refractivity contribution in [1.82, 2.24) is 0 Å². The molecule has 0 amide bonds. The van der Waals surface area contributed by atoms with Crippen molar-refractivity contribution < 1.29 is 24.1 Å². The quantitative estimate of drug-likeness (QED) is 0.771. The van der Waals surface area contributed by atoms with Crippen LogP contribution >= 0.6 is 12.6 Å². The van der Waals surface area contributed by atoms with Gasteiger partial charge in [0.2, 0.25) is 0 Å². The Morgan fingerprint density at radius 1 is 1.22 bits per heavy atom. The van der Waals surface area contributed by atoms with E-state index < -0.39 is 11.2 Å². The summed E-state index contributed by atoms with van der Waals surface area (Å²) in [6, 6.07) is 3.36. The molecule has 0 bridgehead atoms. The third-order valence-electron chi connectivity index (χ3n) is 2.50. The van der Waals surface area contributed by atoms with Crippen LogP contribution in [0.1, 0.15) is 5.56 Å². The normalized spacial score (nSPS) is 11.8. The summed E-state index contributed by atoms with van der Waals surface area (Å²) in [6.07, 6.45) is 0.203. The summed E-state index contributed by atoms with van der Waals surface area (Å²) in [4.78, 5) is 10.8. The molecule has 0 saturated carbocycles. The molecule has 6 heteroatoms. The fourth-order valence-electron chi connectivity index (χ4n) is 1.56. The van der Waals surface area contributed by atoms with Gasteiger partial charge in [0.25, 0.3) is 0 Å². The molecule has 1 rings (SSSR count). The van der Waals surface area contributed by atoms with Crippen LogP contribution in [-0.2, 0) is 11.2 Å². The van der Waals surface area contributed by atoms with E-state index in [9.17, 15) is 4.79 Å². The van der Waals surface area contributed by atoms with E-state index in [0.29, 0.717) is 22.8 Å². The van der Waals surface area contributed by atoms with E-state index in [0.717, 1.165) is 0 Å². The van der Waals surface area contributed by atoms with Crippen molar-refractivity contribution in [2.24, 2.45) is 0 Å². The Bertz CT molecular complexity index is 407. The van der Waals surface area contributed by atoms with E-state index in [2.05, 4.69) is 12.6 Å². The molecule has 1 aromatic rings. The van der Waals surface area contributed by atoms with Gasteiger partial charge in [-0.05, 0) is 0 Å². The van der Waals surface area contributed by atoms with Gasteiger partial charge in [-0.15, -0.1) is 0 Å². The highest BCUT2D eigenvalue weighted by Crippen LogP contribution is 2.35. The first-order valence-corrected chi connectivity index (χ1v) is 5.74. The number of carboxylic acid groups (broad SMARTS) is 1. The molecule has 100 valence electrons. The predicted molar refractivity (Wildman–Crippen MR) is 70.2 cm³/mol. The maximum Gasteiger partial charge on any atom is 0.316 e. The molecule has 0 aliphatic rings. The summed E-state index contributed by atoms with van der Waals surface area (Å²) < 4.78 is 15.6. The summed E-state index contributed by atoms with van der Waals surface area (Å²) in [5, 5.41) is 8.07. The van der Waals surface area contributed by atoms with Crippen LogP contribution < -0.4 is 14.2 Å². The van der Waals surface area contributed by atoms with Crippen molar-refractivity contribution in [2.75, 3.05) is 21.3 Å². The molecule has 1 atom stereocenters. The molecule has 0 heterocycles. The largest absolute Gasteiger partial charge is 0.496 e. The summed E-state index contributed by atoms with van der Waals surface area (Å²) in [6.45, 7) is 0. The van der Waals surface area contributed by atoms with Crippen LogP contribution in [0.15, 0.2) is 12.1 Å². The molecule has 1 unspecified atom stereocenters. The second-order valence-corrected chi connectivity index (χ2v) is 4.19. The number of carboxylic acids is 1. The number of carbonyl (C=O) groups is 1. The minimum atomic E-state index is -0.988. The van der Waals surface area contributed by atoms with Crippen LogP contribution in [0.2, 0.25) is 0 Å². The van der Waals surface area contributed by atoms with Gasteiger partial charge in [-0.1, -0.05) is 0 Å². The van der Waals surface area contributed by atoms with Crippen LogP contribution in [0.25, 0.3) is 0 Å². The van der Waals surface area contributed by atoms with Gasteiger partial charge >= 0.3 is 5.97 Å². The second kappa shape index (κ2) is 6.39. The molecule has 0 fully saturated rings. The monoisotopic (exact) mass is 272 g/mol. The predicted octanol–water partition coefficient (Wildman–Crippen LogP) is 1.64. The van der Waals surface area contributed by atoms with Gasteiger partial charge in [0.1, 0.15) is 22.5 Å². The van der Waals surface area contributed by atoms with Gasteiger partial charge in [0.15, 0.2) is 0 Å². The van der Waals surface area contributed by atoms with Crippen LogP contribution in [0, 0.1) is 0 Å². The number of methoxy groups -OCH3 is 3. The number of thiol groups is 1. The molecule has 0 radical (unpaired) electrons. The van der Waals surface area contributed by atoms with Crippen molar-refractivity contribution in [3.05, 3.63) is 17.7 Å². The third kappa shape index (κ3) is 3.22. The second-order valence-electron chi connectivity index (χ2n) is 3.57. The zero-order chi connectivity index (χ0) is 13.7. The molecule has 0 saturated heterocycles. The van der Waals surface area contributed by atoms with Crippen molar-refractivity contribution in [2.45, 2.75) is 11.7 Å². The van der Waals surface area contributed by atoms with E-state index in [1.165, 1.54) is 21.3 Å². The Kier molecular flexibility index (Phi) is 5.15. The topological polar surface area (TPSA) is 65.0 Å². The number of rotatable bonds is 6. The SMILES string of the molecule is COc1cc(OC)c(CC(S)C(=O)O)c(OC)c1. The lowest BCUT2D eigenvalue weighted by molar-refractivity contribution is -0.136. The number of ether oxygens (including phenoxy) is 3. The Balaban J connectivity index is 3.18. The highest BCUT2D eigenvalue weighted by atomic mass is 32.1. The minimum absolute atomic E-state index is 0.203. The van der Waals surface area contributed by atoms with E-state index in [4.69, 9.17) is 19.3 Å². The lowest BCUT2D eigenvalue weighted by Gasteiger charge is -2.16. The standard InChI is InChI=1S/C12H16O5S/c1-15-7-4-9(16-2)8(10(5-7)17-3)6-11(18)12(13)14/h4-5,11,18H,6H2,1-3H3,(H,13,14). The number of hydrogen-bond acceptors (Lipinski definition) is 5. The summed E-state index contributed by atoms with van der Waals surface area (Å²) in [5.74, 6) is 0.634. The maximum absolute atomic E-state index is 10.8. The van der Waals surface area contributed by atoms with Crippen LogP contribution in [0.5, 0.6) is 17.2 Å². The Morgan fingerprint density at radius 2 is 1.72 bits per heavy atom. The molecular weight excluding hydrogens is 256 g/mol. The average molecular weight is 272 g/mol. The molecular formula is C12H16O5S. The van der Waals surface area contributed by atoms with Crippen molar-refractivity contribution in [3.8, 4) is 17.2 Å². The van der Waals surface area contributed by atoms with Crippen LogP contribution in [0.4, 0.5) is 0 Å². The molecule has 0 aliphatic heterocycles. The zero-order valence-electron chi connectivity index (χ0n) is 10.5. The molecule has 0 aliphatic carbocycles. The third-order valence-corrected chi connectivity index (χ3v) is 2.90. The summed E-state index contributed by atoms with van der Waals surface area (Å²) >= 11 is 4.02. The van der Waals surface area contributed by atoms with Crippen molar-refractivity contribution in [3.63, 3.8) is 0 Å². The highest BCUT2D eigenvalue weighted by molar-refractivity contribution is 7.81. The zero-order valence-corrected chi connectivity index (χ0v) is 11.4. The molecule has 5 nitrogen and oxygen atoms in total. The smallest absolute Gasteiger partial charge is 0.316 e. The Morgan fingerprint density at radius 3 is 2.06 bits per heavy atom. The fraction of sp³-hybridized carbons (Fsp3) is 0.417. The van der Waals surface area contributed by atoms with Gasteiger partial charge in [-0.3, -0.25) is 4.79 Å². The first kappa shape index (κ1) is 14.5. The number of aliphatic carboxylic acids is 1. The highest BCUT2D eigenvalue weighted by Gasteiger charge is 2.20. The van der Waals surface area contributed by atoms with Gasteiger partial charge in [-0.25, -0.2) is 0 Å². The van der Waals surface area contributed by atoms with Gasteiger partial charge in [-0.2, -0.15) is 12.6 Å². The fourth-order valence-corrected chi connectivity index (χ4v) is 1.74. The van der Waals surface area contributed by atoms with Crippen LogP contribution in [0.3, 0.4) is 0 Å². The molecule has 1 N–H and O–H groups in total. The number of benzene rings is 1. The Hall–Kier alpha value is -1.56. The van der Waals surface area contributed by atoms with E-state index in [-0.39, 0.29) is 6.42 Å². The van der Waals surface area contributed by atoms with E-state index in [1.54, 1.807) is 12.1 Å². The Labute approximate surface area is 111 Å². The lowest BCUT2D eigenvalue weighted by atomic mass is 10.1. The number of hydrogen-bond donors (Lipinski definition) is 2. The molecule has 18 heavy (non-hydrogen) atoms.